The van der Waals surface area contributed by atoms with Crippen molar-refractivity contribution in [3.63, 3.8) is 0 Å². The van der Waals surface area contributed by atoms with Gasteiger partial charge in [0.2, 0.25) is 0 Å². The molecule has 1 aromatic heterocycles. The fourth-order valence-electron chi connectivity index (χ4n) is 3.99. The SMILES string of the molecule is O=C(NO)c1ccc2nc(-c3ccc(-c4ccc(CN5CCOCC5)cc4)cc3)[nH]c2c1. The highest BCUT2D eigenvalue weighted by atomic mass is 16.5. The largest absolute Gasteiger partial charge is 0.379 e. The van der Waals surface area contributed by atoms with Gasteiger partial charge in [-0.05, 0) is 34.9 Å². The molecule has 32 heavy (non-hydrogen) atoms. The van der Waals surface area contributed by atoms with Gasteiger partial charge in [0.1, 0.15) is 5.82 Å². The molecule has 0 bridgehead atoms. The summed E-state index contributed by atoms with van der Waals surface area (Å²) in [6, 6.07) is 22.0. The lowest BCUT2D eigenvalue weighted by molar-refractivity contribution is 0.0342. The van der Waals surface area contributed by atoms with Gasteiger partial charge in [0.25, 0.3) is 5.91 Å². The Morgan fingerprint density at radius 3 is 2.31 bits per heavy atom. The molecule has 0 atom stereocenters. The van der Waals surface area contributed by atoms with Crippen LogP contribution in [0.2, 0.25) is 0 Å². The number of fused-ring (bicyclic) bond motifs is 1. The average Bonchev–Trinajstić information content (AvgIpc) is 3.28. The molecule has 5 rings (SSSR count). The van der Waals surface area contributed by atoms with Crippen LogP contribution in [0.3, 0.4) is 0 Å². The highest BCUT2D eigenvalue weighted by molar-refractivity contribution is 5.97. The maximum Gasteiger partial charge on any atom is 0.274 e. The normalized spacial score (nSPS) is 14.5. The molecule has 0 spiro atoms. The predicted octanol–water partition coefficient (Wildman–Crippen LogP) is 3.85. The van der Waals surface area contributed by atoms with Gasteiger partial charge in [-0.3, -0.25) is 14.9 Å². The Morgan fingerprint density at radius 1 is 0.969 bits per heavy atom. The molecule has 1 saturated heterocycles. The fourth-order valence-corrected chi connectivity index (χ4v) is 3.99. The summed E-state index contributed by atoms with van der Waals surface area (Å²) in [5.41, 5.74) is 8.09. The molecule has 0 radical (unpaired) electrons. The zero-order valence-electron chi connectivity index (χ0n) is 17.5. The number of carbonyl (C=O) groups is 1. The molecule has 2 heterocycles. The zero-order chi connectivity index (χ0) is 21.9. The van der Waals surface area contributed by atoms with Crippen molar-refractivity contribution >= 4 is 16.9 Å². The number of hydrogen-bond acceptors (Lipinski definition) is 5. The molecule has 1 amide bonds. The maximum atomic E-state index is 11.6. The molecule has 0 unspecified atom stereocenters. The molecule has 7 heteroatoms. The summed E-state index contributed by atoms with van der Waals surface area (Å²) in [5, 5.41) is 8.82. The van der Waals surface area contributed by atoms with Crippen molar-refractivity contribution < 1.29 is 14.7 Å². The van der Waals surface area contributed by atoms with Crippen LogP contribution in [-0.4, -0.2) is 52.3 Å². The number of benzene rings is 3. The van der Waals surface area contributed by atoms with E-state index in [0.29, 0.717) is 5.56 Å². The minimum atomic E-state index is -0.552. The maximum absolute atomic E-state index is 11.6. The Hall–Kier alpha value is -3.52. The Balaban J connectivity index is 1.32. The van der Waals surface area contributed by atoms with Gasteiger partial charge in [-0.25, -0.2) is 10.5 Å². The fraction of sp³-hybridized carbons (Fsp3) is 0.200. The van der Waals surface area contributed by atoms with Crippen LogP contribution in [0.5, 0.6) is 0 Å². The quantitative estimate of drug-likeness (QED) is 0.332. The second-order valence-corrected chi connectivity index (χ2v) is 7.92. The van der Waals surface area contributed by atoms with Gasteiger partial charge in [0.15, 0.2) is 0 Å². The predicted molar refractivity (Wildman–Crippen MR) is 122 cm³/mol. The Labute approximate surface area is 185 Å². The second-order valence-electron chi connectivity index (χ2n) is 7.92. The van der Waals surface area contributed by atoms with E-state index in [0.717, 1.165) is 60.8 Å². The summed E-state index contributed by atoms with van der Waals surface area (Å²) in [7, 11) is 0. The van der Waals surface area contributed by atoms with Crippen LogP contribution in [-0.2, 0) is 11.3 Å². The number of imidazole rings is 1. The summed E-state index contributed by atoms with van der Waals surface area (Å²) in [5.74, 6) is 0.178. The summed E-state index contributed by atoms with van der Waals surface area (Å²) in [6.45, 7) is 4.56. The molecule has 4 aromatic rings. The van der Waals surface area contributed by atoms with E-state index in [4.69, 9.17) is 9.94 Å². The molecule has 1 aliphatic heterocycles. The monoisotopic (exact) mass is 428 g/mol. The van der Waals surface area contributed by atoms with Gasteiger partial charge in [0, 0.05) is 30.8 Å². The first kappa shape index (κ1) is 20.4. The first-order valence-corrected chi connectivity index (χ1v) is 10.6. The van der Waals surface area contributed by atoms with Gasteiger partial charge < -0.3 is 9.72 Å². The van der Waals surface area contributed by atoms with Gasteiger partial charge in [-0.2, -0.15) is 0 Å². The molecule has 0 aliphatic carbocycles. The smallest absolute Gasteiger partial charge is 0.274 e. The van der Waals surface area contributed by atoms with Gasteiger partial charge >= 0.3 is 0 Å². The number of aromatic amines is 1. The second kappa shape index (κ2) is 8.92. The van der Waals surface area contributed by atoms with E-state index >= 15 is 0 Å². The van der Waals surface area contributed by atoms with Crippen LogP contribution < -0.4 is 5.48 Å². The Kier molecular flexibility index (Phi) is 5.68. The number of nitrogens with zero attached hydrogens (tertiary/aromatic N) is 2. The molecule has 3 aromatic carbocycles. The third-order valence-corrected chi connectivity index (χ3v) is 5.80. The number of hydrogen-bond donors (Lipinski definition) is 3. The van der Waals surface area contributed by atoms with Crippen LogP contribution in [0, 0.1) is 0 Å². The highest BCUT2D eigenvalue weighted by Crippen LogP contribution is 2.26. The number of ether oxygens (including phenoxy) is 1. The minimum Gasteiger partial charge on any atom is -0.379 e. The summed E-state index contributed by atoms with van der Waals surface area (Å²) in [6.07, 6.45) is 0. The van der Waals surface area contributed by atoms with Crippen molar-refractivity contribution in [2.45, 2.75) is 6.54 Å². The van der Waals surface area contributed by atoms with Crippen LogP contribution >= 0.6 is 0 Å². The van der Waals surface area contributed by atoms with E-state index in [1.54, 1.807) is 23.7 Å². The number of carbonyl (C=O) groups excluding carboxylic acids is 1. The van der Waals surface area contributed by atoms with E-state index in [2.05, 4.69) is 51.3 Å². The average molecular weight is 428 g/mol. The molecule has 1 fully saturated rings. The minimum absolute atomic E-state index is 0.364. The Morgan fingerprint density at radius 2 is 1.62 bits per heavy atom. The summed E-state index contributed by atoms with van der Waals surface area (Å²) < 4.78 is 5.42. The van der Waals surface area contributed by atoms with Gasteiger partial charge in [-0.15, -0.1) is 0 Å². The topological polar surface area (TPSA) is 90.5 Å². The lowest BCUT2D eigenvalue weighted by atomic mass is 10.0. The lowest BCUT2D eigenvalue weighted by Gasteiger charge is -2.26. The third kappa shape index (κ3) is 4.27. The van der Waals surface area contributed by atoms with Crippen LogP contribution in [0.25, 0.3) is 33.5 Å². The molecular weight excluding hydrogens is 404 g/mol. The number of hydroxylamine groups is 1. The lowest BCUT2D eigenvalue weighted by Crippen LogP contribution is -2.35. The van der Waals surface area contributed by atoms with Crippen molar-refractivity contribution in [2.24, 2.45) is 0 Å². The zero-order valence-corrected chi connectivity index (χ0v) is 17.5. The molecule has 1 aliphatic rings. The van der Waals surface area contributed by atoms with E-state index in [1.165, 1.54) is 11.1 Å². The molecular formula is C25H24N4O3. The summed E-state index contributed by atoms with van der Waals surface area (Å²) in [4.78, 5) is 21.9. The third-order valence-electron chi connectivity index (χ3n) is 5.80. The first-order chi connectivity index (χ1) is 15.7. The number of morpholine rings is 1. The summed E-state index contributed by atoms with van der Waals surface area (Å²) >= 11 is 0. The number of amides is 1. The van der Waals surface area contributed by atoms with Crippen molar-refractivity contribution in [3.05, 3.63) is 77.9 Å². The Bertz CT molecular complexity index is 1230. The number of H-pyrrole nitrogens is 1. The van der Waals surface area contributed by atoms with Crippen LogP contribution in [0.1, 0.15) is 15.9 Å². The number of nitrogens with one attached hydrogen (secondary N) is 2. The van der Waals surface area contributed by atoms with E-state index in [9.17, 15) is 4.79 Å². The van der Waals surface area contributed by atoms with E-state index < -0.39 is 5.91 Å². The van der Waals surface area contributed by atoms with Crippen molar-refractivity contribution in [2.75, 3.05) is 26.3 Å². The van der Waals surface area contributed by atoms with Crippen molar-refractivity contribution in [3.8, 4) is 22.5 Å². The van der Waals surface area contributed by atoms with Gasteiger partial charge in [0.05, 0.1) is 24.2 Å². The van der Waals surface area contributed by atoms with Crippen LogP contribution in [0.4, 0.5) is 0 Å². The molecule has 162 valence electrons. The molecule has 7 nitrogen and oxygen atoms in total. The van der Waals surface area contributed by atoms with Crippen molar-refractivity contribution in [1.29, 1.82) is 0 Å². The van der Waals surface area contributed by atoms with Crippen molar-refractivity contribution in [1.82, 2.24) is 20.3 Å². The number of aromatic nitrogens is 2. The van der Waals surface area contributed by atoms with E-state index in [1.807, 2.05) is 12.1 Å². The van der Waals surface area contributed by atoms with Gasteiger partial charge in [-0.1, -0.05) is 48.5 Å². The highest BCUT2D eigenvalue weighted by Gasteiger charge is 2.12. The standard InChI is InChI=1S/C25H24N4O3/c30-25(28-31)21-9-10-22-23(15-21)27-24(26-22)20-7-5-19(6-8-20)18-3-1-17(2-4-18)16-29-11-13-32-14-12-29/h1-10,15,31H,11-14,16H2,(H,26,27)(H,28,30). The first-order valence-electron chi connectivity index (χ1n) is 10.6. The van der Waals surface area contributed by atoms with Crippen LogP contribution in [0.15, 0.2) is 66.7 Å². The molecule has 0 saturated carbocycles. The van der Waals surface area contributed by atoms with E-state index in [-0.39, 0.29) is 0 Å². The number of rotatable bonds is 5. The molecule has 3 N–H and O–H groups in total.